The minimum Gasteiger partial charge on any atom is -0.341 e. The molecular weight excluding hydrogens is 362 g/mol. The molecule has 0 radical (unpaired) electrons. The van der Waals surface area contributed by atoms with Gasteiger partial charge in [-0.05, 0) is 30.4 Å². The van der Waals surface area contributed by atoms with Gasteiger partial charge in [0, 0.05) is 51.5 Å². The molecule has 6 nitrogen and oxygen atoms in total. The normalized spacial score (nSPS) is 17.9. The first-order chi connectivity index (χ1) is 14.1. The molecule has 154 valence electrons. The first-order valence-corrected chi connectivity index (χ1v) is 10.8. The van der Waals surface area contributed by atoms with Gasteiger partial charge in [-0.1, -0.05) is 44.2 Å². The zero-order valence-electron chi connectivity index (χ0n) is 17.5. The molecule has 2 aliphatic rings. The van der Waals surface area contributed by atoms with E-state index >= 15 is 0 Å². The van der Waals surface area contributed by atoms with E-state index in [-0.39, 0.29) is 11.8 Å². The second-order valence-electron chi connectivity index (χ2n) is 8.38. The zero-order valence-corrected chi connectivity index (χ0v) is 17.5. The van der Waals surface area contributed by atoms with Crippen LogP contribution in [0.3, 0.4) is 0 Å². The molecule has 0 aliphatic carbocycles. The summed E-state index contributed by atoms with van der Waals surface area (Å²) >= 11 is 0. The van der Waals surface area contributed by atoms with Crippen LogP contribution in [0.5, 0.6) is 0 Å². The van der Waals surface area contributed by atoms with E-state index in [2.05, 4.69) is 52.9 Å². The van der Waals surface area contributed by atoms with Crippen molar-refractivity contribution in [1.82, 2.24) is 19.8 Å². The van der Waals surface area contributed by atoms with Gasteiger partial charge < -0.3 is 9.80 Å². The Bertz CT molecular complexity index is 824. The maximum atomic E-state index is 13.2. The van der Waals surface area contributed by atoms with Crippen molar-refractivity contribution in [3.8, 4) is 0 Å². The molecule has 0 unspecified atom stereocenters. The van der Waals surface area contributed by atoms with Gasteiger partial charge in [0.25, 0.3) is 5.91 Å². The Morgan fingerprint density at radius 1 is 0.966 bits per heavy atom. The highest BCUT2D eigenvalue weighted by Gasteiger charge is 2.25. The van der Waals surface area contributed by atoms with Crippen molar-refractivity contribution in [3.63, 3.8) is 0 Å². The molecule has 0 spiro atoms. The Morgan fingerprint density at radius 3 is 2.31 bits per heavy atom. The first-order valence-electron chi connectivity index (χ1n) is 10.8. The molecule has 1 aromatic heterocycles. The smallest absolute Gasteiger partial charge is 0.272 e. The van der Waals surface area contributed by atoms with Crippen LogP contribution in [0.2, 0.25) is 0 Å². The van der Waals surface area contributed by atoms with Gasteiger partial charge in [0.05, 0.1) is 0 Å². The van der Waals surface area contributed by atoms with Crippen molar-refractivity contribution in [2.75, 3.05) is 44.2 Å². The van der Waals surface area contributed by atoms with Gasteiger partial charge in [0.15, 0.2) is 0 Å². The second kappa shape index (κ2) is 8.91. The first kappa shape index (κ1) is 19.8. The molecule has 4 rings (SSSR count). The Morgan fingerprint density at radius 2 is 1.66 bits per heavy atom. The van der Waals surface area contributed by atoms with Gasteiger partial charge >= 0.3 is 0 Å². The predicted molar refractivity (Wildman–Crippen MR) is 115 cm³/mol. The topological polar surface area (TPSA) is 52.6 Å². The number of hydrogen-bond acceptors (Lipinski definition) is 5. The maximum absolute atomic E-state index is 13.2. The summed E-state index contributed by atoms with van der Waals surface area (Å²) in [5, 5.41) is 0. The number of nitrogens with zero attached hydrogens (tertiary/aromatic N) is 5. The number of carbonyl (C=O) groups is 1. The minimum atomic E-state index is 0.0362. The molecule has 0 bridgehead atoms. The summed E-state index contributed by atoms with van der Waals surface area (Å²) < 4.78 is 0. The van der Waals surface area contributed by atoms with E-state index in [4.69, 9.17) is 4.98 Å². The van der Waals surface area contributed by atoms with Gasteiger partial charge in [0.1, 0.15) is 5.69 Å². The molecule has 2 aliphatic heterocycles. The zero-order chi connectivity index (χ0) is 20.2. The largest absolute Gasteiger partial charge is 0.341 e. The number of hydrogen-bond donors (Lipinski definition) is 0. The third-order valence-corrected chi connectivity index (χ3v) is 5.84. The van der Waals surface area contributed by atoms with E-state index in [1.165, 1.54) is 18.4 Å². The molecule has 2 saturated heterocycles. The number of carbonyl (C=O) groups excluding carboxylic acids is 1. The summed E-state index contributed by atoms with van der Waals surface area (Å²) in [6.45, 7) is 10.4. The van der Waals surface area contributed by atoms with E-state index < -0.39 is 0 Å². The Kier molecular flexibility index (Phi) is 6.09. The lowest BCUT2D eigenvalue weighted by atomic mass is 10.1. The lowest BCUT2D eigenvalue weighted by molar-refractivity contribution is 0.0622. The molecule has 3 heterocycles. The molecule has 6 heteroatoms. The Labute approximate surface area is 173 Å². The SMILES string of the molecule is CC(C)c1cc(C(=O)N2CCN(Cc3ccccc3)CC2)nc(N2CCCC2)n1. The second-order valence-corrected chi connectivity index (χ2v) is 8.38. The number of rotatable bonds is 5. The summed E-state index contributed by atoms with van der Waals surface area (Å²) in [5.41, 5.74) is 2.81. The average molecular weight is 394 g/mol. The van der Waals surface area contributed by atoms with Crippen molar-refractivity contribution in [2.45, 2.75) is 39.2 Å². The maximum Gasteiger partial charge on any atom is 0.272 e. The number of amides is 1. The van der Waals surface area contributed by atoms with Crippen LogP contribution in [0.4, 0.5) is 5.95 Å². The minimum absolute atomic E-state index is 0.0362. The fourth-order valence-electron chi connectivity index (χ4n) is 4.03. The Hall–Kier alpha value is -2.47. The summed E-state index contributed by atoms with van der Waals surface area (Å²) in [4.78, 5) is 29.2. The molecule has 1 amide bonds. The van der Waals surface area contributed by atoms with Gasteiger partial charge in [-0.2, -0.15) is 0 Å². The van der Waals surface area contributed by atoms with Crippen LogP contribution in [-0.2, 0) is 6.54 Å². The van der Waals surface area contributed by atoms with Crippen molar-refractivity contribution in [3.05, 3.63) is 53.3 Å². The Balaban J connectivity index is 1.44. The third kappa shape index (κ3) is 4.75. The lowest BCUT2D eigenvalue weighted by Crippen LogP contribution is -2.48. The van der Waals surface area contributed by atoms with Crippen LogP contribution in [0, 0.1) is 0 Å². The van der Waals surface area contributed by atoms with Crippen LogP contribution in [-0.4, -0.2) is 64.9 Å². The molecule has 2 aromatic rings. The van der Waals surface area contributed by atoms with Crippen LogP contribution < -0.4 is 4.90 Å². The molecule has 29 heavy (non-hydrogen) atoms. The van der Waals surface area contributed by atoms with E-state index in [1.807, 2.05) is 17.0 Å². The molecule has 2 fully saturated rings. The lowest BCUT2D eigenvalue weighted by Gasteiger charge is -2.34. The van der Waals surface area contributed by atoms with Crippen molar-refractivity contribution in [2.24, 2.45) is 0 Å². The fourth-order valence-corrected chi connectivity index (χ4v) is 4.03. The van der Waals surface area contributed by atoms with Gasteiger partial charge in [-0.15, -0.1) is 0 Å². The fraction of sp³-hybridized carbons (Fsp3) is 0.522. The van der Waals surface area contributed by atoms with E-state index in [1.54, 1.807) is 0 Å². The monoisotopic (exact) mass is 393 g/mol. The highest BCUT2D eigenvalue weighted by atomic mass is 16.2. The third-order valence-electron chi connectivity index (χ3n) is 5.84. The van der Waals surface area contributed by atoms with Crippen LogP contribution >= 0.6 is 0 Å². The van der Waals surface area contributed by atoms with Gasteiger partial charge in [-0.25, -0.2) is 9.97 Å². The van der Waals surface area contributed by atoms with Crippen LogP contribution in [0.1, 0.15) is 54.4 Å². The number of anilines is 1. The molecule has 0 saturated carbocycles. The van der Waals surface area contributed by atoms with Crippen molar-refractivity contribution in [1.29, 1.82) is 0 Å². The quantitative estimate of drug-likeness (QED) is 0.781. The van der Waals surface area contributed by atoms with E-state index in [9.17, 15) is 4.79 Å². The highest BCUT2D eigenvalue weighted by molar-refractivity contribution is 5.92. The number of benzene rings is 1. The summed E-state index contributed by atoms with van der Waals surface area (Å²) in [6, 6.07) is 12.4. The highest BCUT2D eigenvalue weighted by Crippen LogP contribution is 2.21. The molecule has 0 atom stereocenters. The predicted octanol–water partition coefficient (Wildman–Crippen LogP) is 3.16. The number of aromatic nitrogens is 2. The summed E-state index contributed by atoms with van der Waals surface area (Å²) in [6.07, 6.45) is 2.34. The average Bonchev–Trinajstić information content (AvgIpc) is 3.29. The molecular formula is C23H31N5O. The van der Waals surface area contributed by atoms with Crippen molar-refractivity contribution < 1.29 is 4.79 Å². The van der Waals surface area contributed by atoms with Gasteiger partial charge in [-0.3, -0.25) is 9.69 Å². The number of piperazine rings is 1. The molecule has 0 N–H and O–H groups in total. The summed E-state index contributed by atoms with van der Waals surface area (Å²) in [5.74, 6) is 1.03. The van der Waals surface area contributed by atoms with Crippen LogP contribution in [0.25, 0.3) is 0 Å². The van der Waals surface area contributed by atoms with Crippen LogP contribution in [0.15, 0.2) is 36.4 Å². The standard InChI is InChI=1S/C23H31N5O/c1-18(2)20-16-21(25-23(24-20)28-10-6-7-11-28)22(29)27-14-12-26(13-15-27)17-19-8-4-3-5-9-19/h3-5,8-9,16,18H,6-7,10-15,17H2,1-2H3. The van der Waals surface area contributed by atoms with Gasteiger partial charge in [0.2, 0.25) is 5.95 Å². The van der Waals surface area contributed by atoms with E-state index in [0.29, 0.717) is 5.69 Å². The summed E-state index contributed by atoms with van der Waals surface area (Å²) in [7, 11) is 0. The van der Waals surface area contributed by atoms with Crippen molar-refractivity contribution >= 4 is 11.9 Å². The molecule has 1 aromatic carbocycles. The van der Waals surface area contributed by atoms with E-state index in [0.717, 1.165) is 57.5 Å².